The third-order valence-corrected chi connectivity index (χ3v) is 3.58. The van der Waals surface area contributed by atoms with Gasteiger partial charge < -0.3 is 10.2 Å². The van der Waals surface area contributed by atoms with Crippen LogP contribution in [0, 0.1) is 0 Å². The second-order valence-electron chi connectivity index (χ2n) is 5.85. The average molecular weight is 282 g/mol. The highest BCUT2D eigenvalue weighted by atomic mass is 32.1. The number of aromatic hydroxyl groups is 1. The second kappa shape index (κ2) is 6.33. The molecule has 0 aliphatic carbocycles. The molecule has 0 fully saturated rings. The molecule has 19 heavy (non-hydrogen) atoms. The molecule has 1 atom stereocenters. The first kappa shape index (κ1) is 15.9. The van der Waals surface area contributed by atoms with Crippen molar-refractivity contribution >= 4 is 18.6 Å². The number of hydrogen-bond acceptors (Lipinski definition) is 3. The monoisotopic (exact) mass is 282 g/mol. The van der Waals surface area contributed by atoms with Gasteiger partial charge in [0.1, 0.15) is 5.75 Å². The number of hydrogen-bond donors (Lipinski definition) is 3. The molecule has 0 aliphatic heterocycles. The zero-order valence-electron chi connectivity index (χ0n) is 11.7. The van der Waals surface area contributed by atoms with Crippen LogP contribution in [0.25, 0.3) is 0 Å². The smallest absolute Gasteiger partial charge is 0.316 e. The van der Waals surface area contributed by atoms with E-state index in [0.29, 0.717) is 12.2 Å². The highest BCUT2D eigenvalue weighted by Crippen LogP contribution is 2.31. The SMILES string of the molecule is CC(C)(C)c1cc(CCCC(S)C(=O)O)ccc1O. The predicted octanol–water partition coefficient (Wildman–Crippen LogP) is 3.40. The highest BCUT2D eigenvalue weighted by Gasteiger charge is 2.18. The summed E-state index contributed by atoms with van der Waals surface area (Å²) in [5.41, 5.74) is 1.94. The van der Waals surface area contributed by atoms with E-state index in [-0.39, 0.29) is 5.41 Å². The molecule has 0 amide bonds. The number of carbonyl (C=O) groups is 1. The van der Waals surface area contributed by atoms with Gasteiger partial charge in [-0.15, -0.1) is 0 Å². The summed E-state index contributed by atoms with van der Waals surface area (Å²) in [4.78, 5) is 10.7. The summed E-state index contributed by atoms with van der Waals surface area (Å²) in [5, 5.41) is 18.0. The van der Waals surface area contributed by atoms with Gasteiger partial charge in [0, 0.05) is 0 Å². The number of rotatable bonds is 5. The van der Waals surface area contributed by atoms with Crippen molar-refractivity contribution < 1.29 is 15.0 Å². The second-order valence-corrected chi connectivity index (χ2v) is 6.47. The van der Waals surface area contributed by atoms with Gasteiger partial charge in [0.15, 0.2) is 0 Å². The van der Waals surface area contributed by atoms with Crippen LogP contribution in [0.2, 0.25) is 0 Å². The summed E-state index contributed by atoms with van der Waals surface area (Å²) >= 11 is 4.01. The summed E-state index contributed by atoms with van der Waals surface area (Å²) < 4.78 is 0. The minimum atomic E-state index is -0.871. The average Bonchev–Trinajstić information content (AvgIpc) is 2.29. The molecule has 0 saturated heterocycles. The van der Waals surface area contributed by atoms with Crippen LogP contribution >= 0.6 is 12.6 Å². The Morgan fingerprint density at radius 3 is 2.53 bits per heavy atom. The molecule has 1 rings (SSSR count). The molecule has 1 unspecified atom stereocenters. The van der Waals surface area contributed by atoms with Crippen molar-refractivity contribution in [3.05, 3.63) is 29.3 Å². The van der Waals surface area contributed by atoms with E-state index in [1.807, 2.05) is 12.1 Å². The largest absolute Gasteiger partial charge is 0.508 e. The number of phenolic OH excluding ortho intramolecular Hbond substituents is 1. The van der Waals surface area contributed by atoms with E-state index >= 15 is 0 Å². The summed E-state index contributed by atoms with van der Waals surface area (Å²) in [6.45, 7) is 6.17. The zero-order valence-corrected chi connectivity index (χ0v) is 12.6. The molecule has 0 saturated carbocycles. The van der Waals surface area contributed by atoms with Gasteiger partial charge in [-0.2, -0.15) is 12.6 Å². The number of carboxylic acids is 1. The number of phenols is 1. The number of benzene rings is 1. The van der Waals surface area contributed by atoms with E-state index in [9.17, 15) is 9.90 Å². The van der Waals surface area contributed by atoms with Gasteiger partial charge in [-0.05, 0) is 41.9 Å². The Morgan fingerprint density at radius 2 is 2.00 bits per heavy atom. The van der Waals surface area contributed by atoms with Crippen molar-refractivity contribution in [2.45, 2.75) is 50.7 Å². The maximum Gasteiger partial charge on any atom is 0.316 e. The standard InChI is InChI=1S/C15H22O3S/c1-15(2,3)11-9-10(7-8-12(11)16)5-4-6-13(19)14(17)18/h7-9,13,16,19H,4-6H2,1-3H3,(H,17,18). The summed E-state index contributed by atoms with van der Waals surface area (Å²) in [5.74, 6) is -0.557. The summed E-state index contributed by atoms with van der Waals surface area (Å²) in [7, 11) is 0. The normalized spacial score (nSPS) is 13.3. The minimum absolute atomic E-state index is 0.104. The van der Waals surface area contributed by atoms with Crippen molar-refractivity contribution in [2.24, 2.45) is 0 Å². The van der Waals surface area contributed by atoms with Gasteiger partial charge in [0.2, 0.25) is 0 Å². The maximum absolute atomic E-state index is 10.7. The number of thiol groups is 1. The van der Waals surface area contributed by atoms with Crippen molar-refractivity contribution in [3.8, 4) is 5.75 Å². The van der Waals surface area contributed by atoms with Crippen LogP contribution in [0.4, 0.5) is 0 Å². The van der Waals surface area contributed by atoms with Gasteiger partial charge in [-0.3, -0.25) is 4.79 Å². The molecule has 0 aliphatic rings. The molecule has 0 spiro atoms. The first-order valence-corrected chi connectivity index (χ1v) is 6.96. The topological polar surface area (TPSA) is 57.5 Å². The van der Waals surface area contributed by atoms with Crippen LogP contribution in [-0.4, -0.2) is 21.4 Å². The lowest BCUT2D eigenvalue weighted by Crippen LogP contribution is -2.13. The molecule has 0 radical (unpaired) electrons. The fourth-order valence-corrected chi connectivity index (χ4v) is 2.15. The molecule has 1 aromatic rings. The molecule has 0 aromatic heterocycles. The molecule has 2 N–H and O–H groups in total. The number of aliphatic carboxylic acids is 1. The lowest BCUT2D eigenvalue weighted by molar-refractivity contribution is -0.136. The van der Waals surface area contributed by atoms with Crippen LogP contribution < -0.4 is 0 Å². The van der Waals surface area contributed by atoms with E-state index in [0.717, 1.165) is 24.0 Å². The van der Waals surface area contributed by atoms with E-state index < -0.39 is 11.2 Å². The van der Waals surface area contributed by atoms with Gasteiger partial charge in [0.05, 0.1) is 5.25 Å². The van der Waals surface area contributed by atoms with Gasteiger partial charge >= 0.3 is 5.97 Å². The Balaban J connectivity index is 2.68. The van der Waals surface area contributed by atoms with E-state index in [2.05, 4.69) is 33.4 Å². The Hall–Kier alpha value is -1.16. The number of aryl methyl sites for hydroxylation is 1. The van der Waals surface area contributed by atoms with Crippen LogP contribution in [0.3, 0.4) is 0 Å². The van der Waals surface area contributed by atoms with Crippen LogP contribution in [0.5, 0.6) is 5.75 Å². The summed E-state index contributed by atoms with van der Waals surface area (Å²) in [6, 6.07) is 5.60. The van der Waals surface area contributed by atoms with Crippen LogP contribution in [0.15, 0.2) is 18.2 Å². The Kier molecular flexibility index (Phi) is 5.29. The predicted molar refractivity (Wildman–Crippen MR) is 80.2 cm³/mol. The Labute approximate surface area is 120 Å². The molecule has 0 bridgehead atoms. The molecular formula is C15H22O3S. The van der Waals surface area contributed by atoms with Crippen molar-refractivity contribution in [1.82, 2.24) is 0 Å². The molecule has 1 aromatic carbocycles. The lowest BCUT2D eigenvalue weighted by Gasteiger charge is -2.21. The third kappa shape index (κ3) is 4.78. The maximum atomic E-state index is 10.7. The molecular weight excluding hydrogens is 260 g/mol. The fraction of sp³-hybridized carbons (Fsp3) is 0.533. The zero-order chi connectivity index (χ0) is 14.6. The molecule has 4 heteroatoms. The van der Waals surface area contributed by atoms with Crippen molar-refractivity contribution in [2.75, 3.05) is 0 Å². The van der Waals surface area contributed by atoms with Crippen molar-refractivity contribution in [3.63, 3.8) is 0 Å². The minimum Gasteiger partial charge on any atom is -0.508 e. The first-order chi connectivity index (χ1) is 8.71. The van der Waals surface area contributed by atoms with E-state index in [1.54, 1.807) is 6.07 Å². The molecule has 106 valence electrons. The fourth-order valence-electron chi connectivity index (χ4n) is 1.96. The third-order valence-electron chi connectivity index (χ3n) is 3.10. The molecule has 3 nitrogen and oxygen atoms in total. The lowest BCUT2D eigenvalue weighted by atomic mass is 9.85. The van der Waals surface area contributed by atoms with Gasteiger partial charge in [-0.25, -0.2) is 0 Å². The number of carboxylic acid groups (broad SMARTS) is 1. The van der Waals surface area contributed by atoms with Gasteiger partial charge in [0.25, 0.3) is 0 Å². The van der Waals surface area contributed by atoms with Crippen molar-refractivity contribution in [1.29, 1.82) is 0 Å². The van der Waals surface area contributed by atoms with E-state index in [4.69, 9.17) is 5.11 Å². The Bertz CT molecular complexity index is 449. The highest BCUT2D eigenvalue weighted by molar-refractivity contribution is 7.81. The summed E-state index contributed by atoms with van der Waals surface area (Å²) in [6.07, 6.45) is 2.12. The van der Waals surface area contributed by atoms with Crippen LogP contribution in [0.1, 0.15) is 44.7 Å². The first-order valence-electron chi connectivity index (χ1n) is 6.45. The van der Waals surface area contributed by atoms with E-state index in [1.165, 1.54) is 0 Å². The van der Waals surface area contributed by atoms with Gasteiger partial charge in [-0.1, -0.05) is 32.9 Å². The quantitative estimate of drug-likeness (QED) is 0.726. The van der Waals surface area contributed by atoms with Crippen LogP contribution in [-0.2, 0) is 16.6 Å². The Morgan fingerprint density at radius 1 is 1.37 bits per heavy atom. The molecule has 0 heterocycles.